The van der Waals surface area contributed by atoms with Gasteiger partial charge in [-0.2, -0.15) is 8.42 Å². The smallest absolute Gasteiger partial charge is 0.397 e. The highest BCUT2D eigenvalue weighted by Crippen LogP contribution is 2.26. The number of unbranched alkanes of at least 4 members (excludes halogenated alkanes) is 22. The fourth-order valence-corrected chi connectivity index (χ4v) is 7.33. The fourth-order valence-electron chi connectivity index (χ4n) is 6.82. The Morgan fingerprint density at radius 2 is 1.12 bits per heavy atom. The van der Waals surface area contributed by atoms with Gasteiger partial charge in [0.2, 0.25) is 0 Å². The van der Waals surface area contributed by atoms with Crippen LogP contribution >= 0.6 is 0 Å². The lowest BCUT2D eigenvalue weighted by Gasteiger charge is -2.41. The predicted molar refractivity (Wildman–Crippen MR) is 225 cm³/mol. The highest BCUT2D eigenvalue weighted by Gasteiger charge is 2.48. The molecule has 1 heterocycles. The maximum atomic E-state index is 12.8. The number of hydrogen-bond donors (Lipinski definition) is 4. The van der Waals surface area contributed by atoms with E-state index in [2.05, 4.69) is 42.3 Å². The van der Waals surface area contributed by atoms with Crippen molar-refractivity contribution in [2.75, 3.05) is 26.4 Å². The number of carbonyl (C=O) groups is 1. The molecule has 12 nitrogen and oxygen atoms in total. The zero-order valence-electron chi connectivity index (χ0n) is 35.7. The number of aliphatic hydroxyl groups excluding tert-OH is 3. The van der Waals surface area contributed by atoms with Crippen molar-refractivity contribution >= 4 is 16.4 Å². The first-order valence-corrected chi connectivity index (χ1v) is 24.0. The molecule has 13 heteroatoms. The third kappa shape index (κ3) is 30.3. The highest BCUT2D eigenvalue weighted by atomic mass is 32.3. The van der Waals surface area contributed by atoms with Crippen LogP contribution in [0.5, 0.6) is 0 Å². The third-order valence-corrected chi connectivity index (χ3v) is 10.8. The lowest BCUT2D eigenvalue weighted by molar-refractivity contribution is -0.301. The zero-order chi connectivity index (χ0) is 41.8. The van der Waals surface area contributed by atoms with Crippen molar-refractivity contribution < 1.29 is 56.2 Å². The molecule has 0 bridgehead atoms. The van der Waals surface area contributed by atoms with Gasteiger partial charge in [-0.25, -0.2) is 4.18 Å². The number of ether oxygens (including phenoxy) is 4. The van der Waals surface area contributed by atoms with Gasteiger partial charge in [0.25, 0.3) is 0 Å². The number of aliphatic hydroxyl groups is 3. The SMILES string of the molecule is CCCC/C=C\CCCCCCCCOCC(COC1OC(CO)C(O)C(OS(=O)(=O)O)C1O)OC(=O)CCCCCCCCC/C=C\CCCCCCCCC. The van der Waals surface area contributed by atoms with Gasteiger partial charge in [-0.3, -0.25) is 9.35 Å². The van der Waals surface area contributed by atoms with Gasteiger partial charge in [0, 0.05) is 13.0 Å². The van der Waals surface area contributed by atoms with Crippen molar-refractivity contribution in [2.24, 2.45) is 0 Å². The van der Waals surface area contributed by atoms with Crippen LogP contribution in [0.4, 0.5) is 0 Å². The molecule has 0 amide bonds. The molecule has 0 radical (unpaired) electrons. The summed E-state index contributed by atoms with van der Waals surface area (Å²) in [5, 5.41) is 30.6. The number of esters is 1. The average Bonchev–Trinajstić information content (AvgIpc) is 3.18. The van der Waals surface area contributed by atoms with E-state index < -0.39 is 59.8 Å². The van der Waals surface area contributed by atoms with Crippen molar-refractivity contribution in [3.8, 4) is 0 Å². The van der Waals surface area contributed by atoms with E-state index in [9.17, 15) is 28.5 Å². The molecule has 336 valence electrons. The van der Waals surface area contributed by atoms with E-state index in [-0.39, 0.29) is 19.6 Å². The standard InChI is InChI=1S/C44H82O12S/c1-3-5-7-9-11-13-15-17-18-19-20-21-22-23-25-27-29-31-33-40(46)54-38(36-52-34-32-30-28-26-24-16-14-12-10-8-6-4-2)37-53-44-42(48)43(56-57(49,50)51)41(47)39(35-45)55-44/h10,12,18-19,38-39,41-45,47-48H,3-9,11,13-17,20-37H2,1-2H3,(H,49,50,51)/b12-10-,19-18-. The Kier molecular flexibility index (Phi) is 34.3. The molecule has 4 N–H and O–H groups in total. The van der Waals surface area contributed by atoms with Crippen LogP contribution in [0.3, 0.4) is 0 Å². The monoisotopic (exact) mass is 835 g/mol. The molecule has 0 aromatic rings. The summed E-state index contributed by atoms with van der Waals surface area (Å²) in [6.45, 7) is 3.94. The van der Waals surface area contributed by atoms with Gasteiger partial charge in [-0.15, -0.1) is 0 Å². The number of hydrogen-bond acceptors (Lipinski definition) is 11. The maximum absolute atomic E-state index is 12.8. The first-order valence-electron chi connectivity index (χ1n) is 22.6. The van der Waals surface area contributed by atoms with Crippen LogP contribution < -0.4 is 0 Å². The largest absolute Gasteiger partial charge is 0.457 e. The molecule has 6 unspecified atom stereocenters. The van der Waals surface area contributed by atoms with Crippen molar-refractivity contribution in [3.63, 3.8) is 0 Å². The molecule has 0 spiro atoms. The molecule has 6 atom stereocenters. The van der Waals surface area contributed by atoms with Crippen LogP contribution in [0.2, 0.25) is 0 Å². The average molecular weight is 835 g/mol. The molecule has 1 aliphatic heterocycles. The Morgan fingerprint density at radius 1 is 0.649 bits per heavy atom. The molecular formula is C44H82O12S. The van der Waals surface area contributed by atoms with Crippen LogP contribution in [0.25, 0.3) is 0 Å². The van der Waals surface area contributed by atoms with Crippen LogP contribution in [0.15, 0.2) is 24.3 Å². The van der Waals surface area contributed by atoms with Gasteiger partial charge in [0.05, 0.1) is 19.8 Å². The molecule has 0 aromatic heterocycles. The topological polar surface area (TPSA) is 178 Å². The summed E-state index contributed by atoms with van der Waals surface area (Å²) in [5.41, 5.74) is 0. The highest BCUT2D eigenvalue weighted by molar-refractivity contribution is 7.80. The molecule has 1 fully saturated rings. The maximum Gasteiger partial charge on any atom is 0.397 e. The van der Waals surface area contributed by atoms with E-state index in [0.717, 1.165) is 57.8 Å². The van der Waals surface area contributed by atoms with E-state index in [0.29, 0.717) is 13.0 Å². The normalized spacial score (nSPS) is 20.8. The van der Waals surface area contributed by atoms with E-state index in [1.807, 2.05) is 0 Å². The minimum absolute atomic E-state index is 0.0320. The summed E-state index contributed by atoms with van der Waals surface area (Å²) in [5.74, 6) is -0.406. The molecule has 1 saturated heterocycles. The summed E-state index contributed by atoms with van der Waals surface area (Å²) < 4.78 is 59.0. The number of allylic oxidation sites excluding steroid dienone is 4. The molecule has 1 rings (SSSR count). The van der Waals surface area contributed by atoms with Crippen molar-refractivity contribution in [2.45, 2.75) is 224 Å². The summed E-state index contributed by atoms with van der Waals surface area (Å²) in [6.07, 6.45) is 30.7. The molecule has 57 heavy (non-hydrogen) atoms. The Hall–Kier alpha value is -1.42. The van der Waals surface area contributed by atoms with Crippen LogP contribution in [0, 0.1) is 0 Å². The van der Waals surface area contributed by atoms with Crippen molar-refractivity contribution in [1.29, 1.82) is 0 Å². The second-order valence-electron chi connectivity index (χ2n) is 15.6. The van der Waals surface area contributed by atoms with Crippen LogP contribution in [-0.4, -0.2) is 97.5 Å². The Balaban J connectivity index is 2.42. The van der Waals surface area contributed by atoms with Gasteiger partial charge in [-0.05, 0) is 57.8 Å². The quantitative estimate of drug-likeness (QED) is 0.0200. The summed E-state index contributed by atoms with van der Waals surface area (Å²) in [6, 6.07) is 0. The number of rotatable bonds is 39. The molecular weight excluding hydrogens is 753 g/mol. The third-order valence-electron chi connectivity index (χ3n) is 10.3. The van der Waals surface area contributed by atoms with Gasteiger partial charge < -0.3 is 34.3 Å². The van der Waals surface area contributed by atoms with Gasteiger partial charge in [-0.1, -0.05) is 147 Å². The van der Waals surface area contributed by atoms with E-state index in [1.54, 1.807) is 0 Å². The molecule has 0 saturated carbocycles. The minimum Gasteiger partial charge on any atom is -0.457 e. The first-order chi connectivity index (χ1) is 27.6. The second-order valence-corrected chi connectivity index (χ2v) is 16.7. The summed E-state index contributed by atoms with van der Waals surface area (Å²) in [4.78, 5) is 12.8. The first kappa shape index (κ1) is 53.6. The molecule has 1 aliphatic rings. The zero-order valence-corrected chi connectivity index (χ0v) is 36.5. The Morgan fingerprint density at radius 3 is 1.63 bits per heavy atom. The van der Waals surface area contributed by atoms with Gasteiger partial charge >= 0.3 is 16.4 Å². The lowest BCUT2D eigenvalue weighted by atomic mass is 9.99. The Bertz CT molecular complexity index is 1100. The van der Waals surface area contributed by atoms with E-state index in [1.165, 1.54) is 103 Å². The fraction of sp³-hybridized carbons (Fsp3) is 0.886. The summed E-state index contributed by atoms with van der Waals surface area (Å²) >= 11 is 0. The minimum atomic E-state index is -5.06. The van der Waals surface area contributed by atoms with Crippen molar-refractivity contribution in [3.05, 3.63) is 24.3 Å². The predicted octanol–water partition coefficient (Wildman–Crippen LogP) is 9.24. The molecule has 0 aliphatic carbocycles. The summed E-state index contributed by atoms with van der Waals surface area (Å²) in [7, 11) is -5.06. The Labute approximate surface area is 346 Å². The van der Waals surface area contributed by atoms with Gasteiger partial charge in [0.15, 0.2) is 6.29 Å². The van der Waals surface area contributed by atoms with Crippen LogP contribution in [-0.2, 0) is 38.3 Å². The van der Waals surface area contributed by atoms with Crippen LogP contribution in [0.1, 0.15) is 187 Å². The number of carbonyl (C=O) groups excluding carboxylic acids is 1. The lowest BCUT2D eigenvalue weighted by Crippen LogP contribution is -2.60. The molecule has 0 aromatic carbocycles. The van der Waals surface area contributed by atoms with Crippen molar-refractivity contribution in [1.82, 2.24) is 0 Å². The van der Waals surface area contributed by atoms with E-state index in [4.69, 9.17) is 23.5 Å². The van der Waals surface area contributed by atoms with E-state index >= 15 is 0 Å². The second kappa shape index (κ2) is 36.4. The van der Waals surface area contributed by atoms with Gasteiger partial charge in [0.1, 0.15) is 30.5 Å².